The van der Waals surface area contributed by atoms with Gasteiger partial charge in [0.25, 0.3) is 0 Å². The van der Waals surface area contributed by atoms with E-state index in [1.807, 2.05) is 0 Å². The average Bonchev–Trinajstić information content (AvgIpc) is 3.35. The topological polar surface area (TPSA) is 78.9 Å². The van der Waals surface area contributed by atoms with Crippen molar-refractivity contribution in [2.75, 3.05) is 13.2 Å². The number of carbonyl (C=O) groups excluding carboxylic acids is 3. The van der Waals surface area contributed by atoms with Gasteiger partial charge in [0, 0.05) is 19.3 Å². The van der Waals surface area contributed by atoms with Crippen molar-refractivity contribution in [2.24, 2.45) is 0 Å². The third-order valence-electron chi connectivity index (χ3n) is 13.0. The summed E-state index contributed by atoms with van der Waals surface area (Å²) in [6.07, 6.45) is 72.5. The zero-order valence-electron chi connectivity index (χ0n) is 45.8. The van der Waals surface area contributed by atoms with Crippen molar-refractivity contribution < 1.29 is 28.6 Å². The molecule has 0 saturated heterocycles. The van der Waals surface area contributed by atoms with Crippen LogP contribution in [0.5, 0.6) is 0 Å². The van der Waals surface area contributed by atoms with Crippen LogP contribution in [0.15, 0.2) is 60.8 Å². The van der Waals surface area contributed by atoms with Gasteiger partial charge in [-0.05, 0) is 64.2 Å². The number of hydrogen-bond donors (Lipinski definition) is 0. The quantitative estimate of drug-likeness (QED) is 0.0262. The molecule has 0 amide bonds. The first-order chi connectivity index (χ1) is 34.0. The first-order valence-corrected chi connectivity index (χ1v) is 29.8. The van der Waals surface area contributed by atoms with E-state index in [9.17, 15) is 14.4 Å². The summed E-state index contributed by atoms with van der Waals surface area (Å²) in [4.78, 5) is 37.9. The van der Waals surface area contributed by atoms with Crippen LogP contribution in [0, 0.1) is 0 Å². The van der Waals surface area contributed by atoms with Crippen LogP contribution in [0.25, 0.3) is 0 Å². The standard InChI is InChI=1S/C63H112O6/c1-4-7-10-13-16-18-20-22-23-24-25-26-27-28-29-30-31-32-33-34-35-36-37-38-39-41-42-44-47-50-53-56-62(65)68-59-60(58-67-61(64)55-52-49-46-15-12-9-6-3)69-63(66)57-54-51-48-45-43-40-21-19-17-14-11-8-5-2/h7,10,16,18,22-23,25-26,28-29,60H,4-6,8-9,11-15,17,19-21,24,27,30-59H2,1-3H3/b10-7-,18-16-,23-22-,26-25-,29-28-. The normalized spacial score (nSPS) is 12.4. The molecule has 0 aromatic carbocycles. The molecule has 1 unspecified atom stereocenters. The van der Waals surface area contributed by atoms with Gasteiger partial charge in [-0.2, -0.15) is 0 Å². The summed E-state index contributed by atoms with van der Waals surface area (Å²) in [5.41, 5.74) is 0. The van der Waals surface area contributed by atoms with Crippen molar-refractivity contribution >= 4 is 17.9 Å². The molecule has 0 spiro atoms. The van der Waals surface area contributed by atoms with Gasteiger partial charge in [-0.1, -0.05) is 281 Å². The van der Waals surface area contributed by atoms with Crippen LogP contribution < -0.4 is 0 Å². The molecule has 69 heavy (non-hydrogen) atoms. The Morgan fingerprint density at radius 3 is 0.884 bits per heavy atom. The van der Waals surface area contributed by atoms with E-state index < -0.39 is 6.10 Å². The number of allylic oxidation sites excluding steroid dienone is 10. The second-order valence-electron chi connectivity index (χ2n) is 19.9. The van der Waals surface area contributed by atoms with Gasteiger partial charge >= 0.3 is 17.9 Å². The molecule has 6 nitrogen and oxygen atoms in total. The third kappa shape index (κ3) is 55.9. The lowest BCUT2D eigenvalue weighted by molar-refractivity contribution is -0.167. The van der Waals surface area contributed by atoms with Gasteiger partial charge in [-0.25, -0.2) is 0 Å². The Morgan fingerprint density at radius 2 is 0.565 bits per heavy atom. The van der Waals surface area contributed by atoms with E-state index in [-0.39, 0.29) is 31.1 Å². The van der Waals surface area contributed by atoms with Gasteiger partial charge in [0.05, 0.1) is 0 Å². The monoisotopic (exact) mass is 965 g/mol. The zero-order chi connectivity index (χ0) is 50.0. The fraction of sp³-hybridized carbons (Fsp3) is 0.794. The highest BCUT2D eigenvalue weighted by Gasteiger charge is 2.19. The number of ether oxygens (including phenoxy) is 3. The van der Waals surface area contributed by atoms with Gasteiger partial charge < -0.3 is 14.2 Å². The van der Waals surface area contributed by atoms with Crippen molar-refractivity contribution in [3.05, 3.63) is 60.8 Å². The lowest BCUT2D eigenvalue weighted by Gasteiger charge is -2.18. The van der Waals surface area contributed by atoms with Gasteiger partial charge in [0.2, 0.25) is 0 Å². The van der Waals surface area contributed by atoms with Crippen LogP contribution >= 0.6 is 0 Å². The van der Waals surface area contributed by atoms with Crippen LogP contribution in [0.3, 0.4) is 0 Å². The Hall–Kier alpha value is -2.89. The van der Waals surface area contributed by atoms with Crippen LogP contribution in [0.2, 0.25) is 0 Å². The Kier molecular flexibility index (Phi) is 55.3. The molecule has 0 aliphatic heterocycles. The second kappa shape index (κ2) is 57.7. The highest BCUT2D eigenvalue weighted by atomic mass is 16.6. The SMILES string of the molecule is CC/C=C\C/C=C\C/C=C\C/C=C\C/C=C\CCCCCCCCCCCCCCCCCC(=O)OCC(COC(=O)CCCCCCCCC)OC(=O)CCCCCCCCCCCCCCC. The molecular weight excluding hydrogens is 853 g/mol. The van der Waals surface area contributed by atoms with E-state index in [4.69, 9.17) is 14.2 Å². The summed E-state index contributed by atoms with van der Waals surface area (Å²) in [6.45, 7) is 6.51. The molecule has 0 rings (SSSR count). The molecule has 0 aliphatic carbocycles. The van der Waals surface area contributed by atoms with Crippen molar-refractivity contribution in [3.63, 3.8) is 0 Å². The molecule has 0 aliphatic rings. The van der Waals surface area contributed by atoms with Crippen LogP contribution in [0.4, 0.5) is 0 Å². The maximum Gasteiger partial charge on any atom is 0.306 e. The van der Waals surface area contributed by atoms with Gasteiger partial charge in [-0.3, -0.25) is 14.4 Å². The Labute approximate surface area is 428 Å². The van der Waals surface area contributed by atoms with Gasteiger partial charge in [-0.15, -0.1) is 0 Å². The Morgan fingerprint density at radius 1 is 0.304 bits per heavy atom. The summed E-state index contributed by atoms with van der Waals surface area (Å²) in [7, 11) is 0. The molecule has 0 aromatic rings. The largest absolute Gasteiger partial charge is 0.462 e. The number of esters is 3. The number of unbranched alkanes of at least 4 members (excludes halogenated alkanes) is 33. The minimum atomic E-state index is -0.766. The van der Waals surface area contributed by atoms with Crippen LogP contribution in [0.1, 0.15) is 303 Å². The maximum absolute atomic E-state index is 12.8. The molecule has 1 atom stereocenters. The van der Waals surface area contributed by atoms with Crippen LogP contribution in [-0.2, 0) is 28.6 Å². The molecule has 0 bridgehead atoms. The second-order valence-corrected chi connectivity index (χ2v) is 19.9. The highest BCUT2D eigenvalue weighted by Crippen LogP contribution is 2.17. The summed E-state index contributed by atoms with van der Waals surface area (Å²) < 4.78 is 16.8. The smallest absolute Gasteiger partial charge is 0.306 e. The van der Waals surface area contributed by atoms with E-state index in [0.29, 0.717) is 19.3 Å². The minimum Gasteiger partial charge on any atom is -0.462 e. The Bertz CT molecular complexity index is 1250. The molecule has 0 saturated carbocycles. The molecule has 0 heterocycles. The van der Waals surface area contributed by atoms with Crippen molar-refractivity contribution in [2.45, 2.75) is 309 Å². The van der Waals surface area contributed by atoms with Crippen molar-refractivity contribution in [1.82, 2.24) is 0 Å². The molecule has 0 radical (unpaired) electrons. The lowest BCUT2D eigenvalue weighted by atomic mass is 10.0. The molecule has 400 valence electrons. The zero-order valence-corrected chi connectivity index (χ0v) is 45.8. The average molecular weight is 966 g/mol. The molecule has 0 fully saturated rings. The van der Waals surface area contributed by atoms with E-state index in [1.165, 1.54) is 173 Å². The summed E-state index contributed by atoms with van der Waals surface area (Å²) in [6, 6.07) is 0. The van der Waals surface area contributed by atoms with Gasteiger partial charge in [0.15, 0.2) is 6.10 Å². The van der Waals surface area contributed by atoms with Crippen molar-refractivity contribution in [1.29, 1.82) is 0 Å². The predicted molar refractivity (Wildman–Crippen MR) is 298 cm³/mol. The van der Waals surface area contributed by atoms with E-state index in [0.717, 1.165) is 89.9 Å². The highest BCUT2D eigenvalue weighted by molar-refractivity contribution is 5.71. The summed E-state index contributed by atoms with van der Waals surface area (Å²) >= 11 is 0. The third-order valence-corrected chi connectivity index (χ3v) is 13.0. The minimum absolute atomic E-state index is 0.0690. The lowest BCUT2D eigenvalue weighted by Crippen LogP contribution is -2.30. The van der Waals surface area contributed by atoms with E-state index in [2.05, 4.69) is 81.5 Å². The fourth-order valence-electron chi connectivity index (χ4n) is 8.59. The van der Waals surface area contributed by atoms with Crippen molar-refractivity contribution in [3.8, 4) is 0 Å². The number of carbonyl (C=O) groups is 3. The molecule has 0 aromatic heterocycles. The van der Waals surface area contributed by atoms with E-state index in [1.54, 1.807) is 0 Å². The first kappa shape index (κ1) is 66.1. The molecule has 6 heteroatoms. The first-order valence-electron chi connectivity index (χ1n) is 29.8. The number of hydrogen-bond acceptors (Lipinski definition) is 6. The molecular formula is C63H112O6. The van der Waals surface area contributed by atoms with Crippen LogP contribution in [-0.4, -0.2) is 37.2 Å². The number of rotatable bonds is 54. The molecule has 0 N–H and O–H groups in total. The maximum atomic E-state index is 12.8. The fourth-order valence-corrected chi connectivity index (χ4v) is 8.59. The van der Waals surface area contributed by atoms with E-state index >= 15 is 0 Å². The summed E-state index contributed by atoms with van der Waals surface area (Å²) in [5, 5.41) is 0. The summed E-state index contributed by atoms with van der Waals surface area (Å²) in [5.74, 6) is -0.862. The predicted octanol–water partition coefficient (Wildman–Crippen LogP) is 20.0. The van der Waals surface area contributed by atoms with Gasteiger partial charge in [0.1, 0.15) is 13.2 Å². The Balaban J connectivity index is 4.01.